The molecule has 4 rings (SSSR count). The number of rotatable bonds is 6. The minimum absolute atomic E-state index is 0.212. The summed E-state index contributed by atoms with van der Waals surface area (Å²) in [6.07, 6.45) is 5.39. The first-order valence-corrected chi connectivity index (χ1v) is 9.73. The van der Waals surface area contributed by atoms with E-state index < -0.39 is 5.97 Å². The number of fused-ring (bicyclic) bond motifs is 2. The Balaban J connectivity index is 1.38. The molecule has 0 unspecified atom stereocenters. The third kappa shape index (κ3) is 3.12. The summed E-state index contributed by atoms with van der Waals surface area (Å²) in [5.74, 6) is -0.935. The molecule has 3 heterocycles. The van der Waals surface area contributed by atoms with E-state index in [1.54, 1.807) is 11.3 Å². The van der Waals surface area contributed by atoms with Crippen molar-refractivity contribution in [1.82, 2.24) is 29.7 Å². The van der Waals surface area contributed by atoms with Crippen molar-refractivity contribution in [3.05, 3.63) is 33.8 Å². The predicted molar refractivity (Wildman–Crippen MR) is 98.0 cm³/mol. The highest BCUT2D eigenvalue weighted by molar-refractivity contribution is 7.16. The molecule has 3 aromatic heterocycles. The molecule has 0 spiro atoms. The number of aromatic nitrogens is 5. The maximum atomic E-state index is 11.5. The topological polar surface area (TPSA) is 97.3 Å². The fourth-order valence-electron chi connectivity index (χ4n) is 3.66. The fourth-order valence-corrected chi connectivity index (χ4v) is 4.41. The molecule has 0 aromatic carbocycles. The predicted octanol–water partition coefficient (Wildman–Crippen LogP) is 1.70. The minimum Gasteiger partial charge on any atom is -0.476 e. The number of carboxylic acid groups (broad SMARTS) is 1. The number of aromatic carboxylic acids is 1. The van der Waals surface area contributed by atoms with Gasteiger partial charge in [-0.1, -0.05) is 11.3 Å². The van der Waals surface area contributed by atoms with Crippen molar-refractivity contribution in [3.63, 3.8) is 0 Å². The lowest BCUT2D eigenvalue weighted by atomic mass is 9.91. The summed E-state index contributed by atoms with van der Waals surface area (Å²) in [6.45, 7) is 5.49. The van der Waals surface area contributed by atoms with Gasteiger partial charge in [-0.3, -0.25) is 4.68 Å². The Hall–Kier alpha value is -2.26. The van der Waals surface area contributed by atoms with Crippen LogP contribution in [0, 0.1) is 6.92 Å². The second-order valence-corrected chi connectivity index (χ2v) is 7.78. The Bertz CT molecular complexity index is 925. The van der Waals surface area contributed by atoms with Crippen LogP contribution in [0.15, 0.2) is 6.20 Å². The molecule has 1 aliphatic carbocycles. The van der Waals surface area contributed by atoms with Crippen LogP contribution in [-0.4, -0.2) is 48.0 Å². The maximum absolute atomic E-state index is 11.5. The van der Waals surface area contributed by atoms with E-state index in [1.165, 1.54) is 0 Å². The number of hydrogen-bond acceptors (Lipinski definition) is 6. The first kappa shape index (κ1) is 17.2. The van der Waals surface area contributed by atoms with Crippen LogP contribution in [0.5, 0.6) is 0 Å². The molecule has 0 fully saturated rings. The van der Waals surface area contributed by atoms with E-state index in [0.717, 1.165) is 59.1 Å². The van der Waals surface area contributed by atoms with Gasteiger partial charge in [0.2, 0.25) is 4.96 Å². The molecule has 0 amide bonds. The largest absolute Gasteiger partial charge is 0.476 e. The van der Waals surface area contributed by atoms with Gasteiger partial charge < -0.3 is 10.4 Å². The van der Waals surface area contributed by atoms with Crippen molar-refractivity contribution in [3.8, 4) is 0 Å². The number of carbonyl (C=O) groups is 1. The molecule has 0 saturated carbocycles. The molecular weight excluding hydrogens is 352 g/mol. The number of carboxylic acids is 1. The van der Waals surface area contributed by atoms with Gasteiger partial charge in [0.05, 0.1) is 11.9 Å². The van der Waals surface area contributed by atoms with Gasteiger partial charge in [0.15, 0.2) is 5.69 Å². The van der Waals surface area contributed by atoms with E-state index in [4.69, 9.17) is 0 Å². The van der Waals surface area contributed by atoms with E-state index in [9.17, 15) is 9.90 Å². The first-order chi connectivity index (χ1) is 12.5. The molecular formula is C17H22N6O2S. The van der Waals surface area contributed by atoms with Crippen LogP contribution in [0.4, 0.5) is 0 Å². The molecule has 0 radical (unpaired) electrons. The van der Waals surface area contributed by atoms with Gasteiger partial charge in [-0.15, -0.1) is 0 Å². The van der Waals surface area contributed by atoms with E-state index in [-0.39, 0.29) is 11.7 Å². The van der Waals surface area contributed by atoms with Gasteiger partial charge in [0.1, 0.15) is 5.01 Å². The van der Waals surface area contributed by atoms with Crippen molar-refractivity contribution in [2.75, 3.05) is 6.54 Å². The highest BCUT2D eigenvalue weighted by Gasteiger charge is 2.28. The standard InChI is InChI=1S/C17H22N6O2S/c1-3-22-14-5-4-11(8-13(14)15(21-22)16(24)25)18-7-6-12-9-23-17(19-12)26-10(2)20-23/h9,11,18H,3-8H2,1-2H3,(H,24,25)/t11-/m1/s1. The van der Waals surface area contributed by atoms with Gasteiger partial charge in [-0.2, -0.15) is 10.2 Å². The molecule has 2 N–H and O–H groups in total. The number of imidazole rings is 1. The Kier molecular flexibility index (Phi) is 4.49. The van der Waals surface area contributed by atoms with Gasteiger partial charge in [0.25, 0.3) is 0 Å². The van der Waals surface area contributed by atoms with E-state index in [0.29, 0.717) is 6.54 Å². The third-order valence-corrected chi connectivity index (χ3v) is 5.69. The number of nitrogens with zero attached hydrogens (tertiary/aromatic N) is 5. The van der Waals surface area contributed by atoms with Crippen LogP contribution in [0.2, 0.25) is 0 Å². The molecule has 0 saturated heterocycles. The summed E-state index contributed by atoms with van der Waals surface area (Å²) >= 11 is 1.59. The number of hydrogen-bond donors (Lipinski definition) is 2. The Morgan fingerprint density at radius 2 is 2.31 bits per heavy atom. The molecule has 3 aromatic rings. The molecule has 26 heavy (non-hydrogen) atoms. The van der Waals surface area contributed by atoms with Gasteiger partial charge >= 0.3 is 5.97 Å². The lowest BCUT2D eigenvalue weighted by molar-refractivity contribution is 0.0688. The molecule has 9 heteroatoms. The molecule has 1 atom stereocenters. The zero-order chi connectivity index (χ0) is 18.3. The first-order valence-electron chi connectivity index (χ1n) is 8.92. The summed E-state index contributed by atoms with van der Waals surface area (Å²) < 4.78 is 3.67. The second kappa shape index (κ2) is 6.81. The van der Waals surface area contributed by atoms with Crippen LogP contribution in [0.25, 0.3) is 4.96 Å². The highest BCUT2D eigenvalue weighted by Crippen LogP contribution is 2.25. The van der Waals surface area contributed by atoms with Crippen LogP contribution < -0.4 is 5.32 Å². The Morgan fingerprint density at radius 3 is 3.04 bits per heavy atom. The second-order valence-electron chi connectivity index (χ2n) is 6.62. The van der Waals surface area contributed by atoms with Crippen molar-refractivity contribution in [2.45, 2.75) is 52.1 Å². The van der Waals surface area contributed by atoms with Crippen molar-refractivity contribution in [1.29, 1.82) is 0 Å². The zero-order valence-electron chi connectivity index (χ0n) is 14.9. The monoisotopic (exact) mass is 374 g/mol. The van der Waals surface area contributed by atoms with E-state index in [2.05, 4.69) is 20.5 Å². The van der Waals surface area contributed by atoms with Crippen LogP contribution in [-0.2, 0) is 25.8 Å². The Morgan fingerprint density at radius 1 is 1.46 bits per heavy atom. The molecule has 8 nitrogen and oxygen atoms in total. The lowest BCUT2D eigenvalue weighted by Gasteiger charge is -2.24. The van der Waals surface area contributed by atoms with E-state index >= 15 is 0 Å². The number of nitrogens with one attached hydrogen (secondary N) is 1. The summed E-state index contributed by atoms with van der Waals surface area (Å²) in [7, 11) is 0. The fraction of sp³-hybridized carbons (Fsp3) is 0.529. The Labute approximate surface area is 154 Å². The van der Waals surface area contributed by atoms with Gasteiger partial charge in [-0.25, -0.2) is 14.3 Å². The van der Waals surface area contributed by atoms with Crippen LogP contribution in [0.1, 0.15) is 45.8 Å². The zero-order valence-corrected chi connectivity index (χ0v) is 15.7. The summed E-state index contributed by atoms with van der Waals surface area (Å²) in [4.78, 5) is 17.0. The van der Waals surface area contributed by atoms with E-state index in [1.807, 2.05) is 29.2 Å². The van der Waals surface area contributed by atoms with Gasteiger partial charge in [0, 0.05) is 36.8 Å². The summed E-state index contributed by atoms with van der Waals surface area (Å²) in [6, 6.07) is 0.277. The molecule has 138 valence electrons. The molecule has 1 aliphatic rings. The summed E-state index contributed by atoms with van der Waals surface area (Å²) in [5.41, 5.74) is 3.21. The molecule has 0 aliphatic heterocycles. The third-order valence-electron chi connectivity index (χ3n) is 4.86. The van der Waals surface area contributed by atoms with Crippen LogP contribution in [0.3, 0.4) is 0 Å². The number of aryl methyl sites for hydroxylation is 2. The SMILES string of the molecule is CCn1nc(C(=O)O)c2c1CC[C@@H](NCCc1cn3nc(C)sc3n1)C2. The average Bonchev–Trinajstić information content (AvgIpc) is 3.24. The highest BCUT2D eigenvalue weighted by atomic mass is 32.1. The molecule has 0 bridgehead atoms. The quantitative estimate of drug-likeness (QED) is 0.682. The van der Waals surface area contributed by atoms with Crippen molar-refractivity contribution in [2.24, 2.45) is 0 Å². The average molecular weight is 374 g/mol. The van der Waals surface area contributed by atoms with Crippen molar-refractivity contribution < 1.29 is 9.90 Å². The summed E-state index contributed by atoms with van der Waals surface area (Å²) in [5, 5.41) is 22.6. The maximum Gasteiger partial charge on any atom is 0.356 e. The lowest BCUT2D eigenvalue weighted by Crippen LogP contribution is -2.36. The van der Waals surface area contributed by atoms with Crippen LogP contribution >= 0.6 is 11.3 Å². The minimum atomic E-state index is -0.935. The normalized spacial score (nSPS) is 16.9. The smallest absolute Gasteiger partial charge is 0.356 e. The van der Waals surface area contributed by atoms with Crippen molar-refractivity contribution >= 4 is 22.3 Å². The van der Waals surface area contributed by atoms with Gasteiger partial charge in [-0.05, 0) is 33.1 Å².